The molecule has 5 heteroatoms. The Morgan fingerprint density at radius 1 is 1.56 bits per heavy atom. The highest BCUT2D eigenvalue weighted by Gasteiger charge is 1.92. The van der Waals surface area contributed by atoms with E-state index in [9.17, 15) is 0 Å². The van der Waals surface area contributed by atoms with Crippen LogP contribution in [0.3, 0.4) is 0 Å². The van der Waals surface area contributed by atoms with E-state index in [1.54, 1.807) is 14.6 Å². The molecule has 0 atom stereocenters. The van der Waals surface area contributed by atoms with Crippen LogP contribution in [0.5, 0.6) is 0 Å². The Bertz CT molecular complexity index is 90.6. The number of halogens is 2. The SMILES string of the molecule is CN[B]N=C(CCl)CCl. The monoisotopic (exact) mass is 165 g/mol. The lowest BCUT2D eigenvalue weighted by Gasteiger charge is -1.93. The number of hydrogen-bond donors (Lipinski definition) is 1. The maximum absolute atomic E-state index is 5.44. The van der Waals surface area contributed by atoms with Gasteiger partial charge in [-0.05, 0) is 7.05 Å². The van der Waals surface area contributed by atoms with Gasteiger partial charge in [-0.3, -0.25) is 0 Å². The largest absolute Gasteiger partial charge is 0.369 e. The van der Waals surface area contributed by atoms with E-state index in [1.807, 2.05) is 0 Å². The van der Waals surface area contributed by atoms with Gasteiger partial charge in [-0.2, -0.15) is 0 Å². The van der Waals surface area contributed by atoms with E-state index in [-0.39, 0.29) is 0 Å². The highest BCUT2D eigenvalue weighted by molar-refractivity contribution is 6.42. The molecular formula is C4H8BCl2N2. The maximum Gasteiger partial charge on any atom is 0.369 e. The van der Waals surface area contributed by atoms with Crippen LogP contribution in [-0.2, 0) is 0 Å². The summed E-state index contributed by atoms with van der Waals surface area (Å²) in [5.41, 5.74) is 0.771. The summed E-state index contributed by atoms with van der Waals surface area (Å²) in [7, 11) is 3.32. The molecule has 1 radical (unpaired) electrons. The molecule has 51 valence electrons. The average molecular weight is 166 g/mol. The molecule has 0 amide bonds. The van der Waals surface area contributed by atoms with Crippen molar-refractivity contribution in [1.82, 2.24) is 5.23 Å². The van der Waals surface area contributed by atoms with E-state index < -0.39 is 0 Å². The van der Waals surface area contributed by atoms with Crippen molar-refractivity contribution in [2.45, 2.75) is 0 Å². The fourth-order valence-corrected chi connectivity index (χ4v) is 0.684. The van der Waals surface area contributed by atoms with Crippen molar-refractivity contribution < 1.29 is 0 Å². The molecule has 0 aromatic carbocycles. The van der Waals surface area contributed by atoms with E-state index in [0.717, 1.165) is 5.71 Å². The third-order valence-electron chi connectivity index (χ3n) is 0.685. The number of nitrogens with zero attached hydrogens (tertiary/aromatic N) is 1. The van der Waals surface area contributed by atoms with Crippen LogP contribution in [0.4, 0.5) is 0 Å². The van der Waals surface area contributed by atoms with Crippen LogP contribution in [-0.4, -0.2) is 32.1 Å². The van der Waals surface area contributed by atoms with E-state index in [4.69, 9.17) is 23.2 Å². The summed E-state index contributed by atoms with van der Waals surface area (Å²) in [6.45, 7) is 0. The number of hydrogen-bond acceptors (Lipinski definition) is 2. The quantitative estimate of drug-likeness (QED) is 0.370. The van der Waals surface area contributed by atoms with E-state index in [0.29, 0.717) is 11.8 Å². The van der Waals surface area contributed by atoms with Gasteiger partial charge in [0.05, 0.1) is 11.8 Å². The molecular weight excluding hydrogens is 158 g/mol. The molecule has 0 unspecified atom stereocenters. The summed E-state index contributed by atoms with van der Waals surface area (Å²) in [5, 5.41) is 2.74. The molecule has 0 rings (SSSR count). The lowest BCUT2D eigenvalue weighted by atomic mass is 10.2. The second kappa shape index (κ2) is 6.40. The molecule has 0 bridgehead atoms. The predicted molar refractivity (Wildman–Crippen MR) is 43.7 cm³/mol. The molecule has 0 aliphatic rings. The fourth-order valence-electron chi connectivity index (χ4n) is 0.261. The Labute approximate surface area is 65.9 Å². The summed E-state index contributed by atoms with van der Waals surface area (Å²) < 4.78 is 0. The zero-order valence-corrected chi connectivity index (χ0v) is 6.71. The molecule has 0 aliphatic carbocycles. The van der Waals surface area contributed by atoms with E-state index in [1.165, 1.54) is 0 Å². The first kappa shape index (κ1) is 9.27. The summed E-state index contributed by atoms with van der Waals surface area (Å²) in [4.78, 5) is 3.90. The highest BCUT2D eigenvalue weighted by Crippen LogP contribution is 1.86. The zero-order chi connectivity index (χ0) is 7.11. The average Bonchev–Trinajstić information content (AvgIpc) is 1.91. The van der Waals surface area contributed by atoms with Crippen LogP contribution < -0.4 is 5.23 Å². The van der Waals surface area contributed by atoms with Gasteiger partial charge in [-0.25, -0.2) is 0 Å². The summed E-state index contributed by atoms with van der Waals surface area (Å²) in [5.74, 6) is 0.781. The molecule has 2 nitrogen and oxygen atoms in total. The molecule has 0 aromatic heterocycles. The Hall–Kier alpha value is 0.275. The summed E-state index contributed by atoms with van der Waals surface area (Å²) in [6, 6.07) is 0. The van der Waals surface area contributed by atoms with Crippen LogP contribution in [0.2, 0.25) is 0 Å². The normalized spacial score (nSPS) is 8.78. The Balaban J connectivity index is 3.48. The molecule has 0 aromatic rings. The first-order valence-corrected chi connectivity index (χ1v) is 3.58. The minimum atomic E-state index is 0.391. The van der Waals surface area contributed by atoms with E-state index >= 15 is 0 Å². The van der Waals surface area contributed by atoms with Gasteiger partial charge in [-0.1, -0.05) is 0 Å². The number of alkyl halides is 2. The molecule has 0 spiro atoms. The lowest BCUT2D eigenvalue weighted by molar-refractivity contribution is 1.23. The van der Waals surface area contributed by atoms with Crippen molar-refractivity contribution in [2.75, 3.05) is 18.8 Å². The molecule has 1 N–H and O–H groups in total. The minimum absolute atomic E-state index is 0.391. The van der Waals surface area contributed by atoms with Crippen molar-refractivity contribution in [3.05, 3.63) is 0 Å². The lowest BCUT2D eigenvalue weighted by Crippen LogP contribution is -2.14. The first-order chi connectivity index (χ1) is 4.35. The van der Waals surface area contributed by atoms with Crippen molar-refractivity contribution in [2.24, 2.45) is 4.90 Å². The standard InChI is InChI=1S/C4H8BCl2N2/c1-8-5-9-4(2-6)3-7/h8H,2-3H2,1H3. The van der Waals surface area contributed by atoms with Crippen LogP contribution >= 0.6 is 23.2 Å². The van der Waals surface area contributed by atoms with Crippen molar-refractivity contribution in [1.29, 1.82) is 0 Å². The Morgan fingerprint density at radius 3 is 2.44 bits per heavy atom. The van der Waals surface area contributed by atoms with Crippen molar-refractivity contribution in [3.8, 4) is 0 Å². The van der Waals surface area contributed by atoms with Crippen LogP contribution in [0.1, 0.15) is 0 Å². The molecule has 0 saturated carbocycles. The Kier molecular flexibility index (Phi) is 6.59. The van der Waals surface area contributed by atoms with Crippen LogP contribution in [0, 0.1) is 0 Å². The smallest absolute Gasteiger partial charge is 0.342 e. The molecule has 0 heterocycles. The van der Waals surface area contributed by atoms with Gasteiger partial charge in [0.1, 0.15) is 0 Å². The van der Waals surface area contributed by atoms with Gasteiger partial charge in [-0.15, -0.1) is 23.2 Å². The third kappa shape index (κ3) is 4.76. The molecule has 0 fully saturated rings. The van der Waals surface area contributed by atoms with Crippen LogP contribution in [0.15, 0.2) is 4.90 Å². The maximum atomic E-state index is 5.44. The zero-order valence-electron chi connectivity index (χ0n) is 5.19. The summed E-state index contributed by atoms with van der Waals surface area (Å²) >= 11 is 10.9. The molecule has 0 saturated heterocycles. The Morgan fingerprint density at radius 2 is 2.11 bits per heavy atom. The van der Waals surface area contributed by atoms with Crippen molar-refractivity contribution >= 4 is 36.5 Å². The second-order valence-electron chi connectivity index (χ2n) is 1.38. The number of nitrogens with one attached hydrogen (secondary N) is 1. The van der Waals surface area contributed by atoms with Gasteiger partial charge in [0.15, 0.2) is 0 Å². The van der Waals surface area contributed by atoms with Crippen LogP contribution in [0.25, 0.3) is 0 Å². The van der Waals surface area contributed by atoms with Gasteiger partial charge in [0.2, 0.25) is 0 Å². The third-order valence-corrected chi connectivity index (χ3v) is 1.30. The highest BCUT2D eigenvalue weighted by atomic mass is 35.5. The molecule has 0 aliphatic heterocycles. The minimum Gasteiger partial charge on any atom is -0.342 e. The first-order valence-electron chi connectivity index (χ1n) is 2.51. The molecule has 9 heavy (non-hydrogen) atoms. The van der Waals surface area contributed by atoms with Crippen molar-refractivity contribution in [3.63, 3.8) is 0 Å². The van der Waals surface area contributed by atoms with Gasteiger partial charge < -0.3 is 10.1 Å². The van der Waals surface area contributed by atoms with Gasteiger partial charge >= 0.3 is 7.55 Å². The van der Waals surface area contributed by atoms with Gasteiger partial charge in [0, 0.05) is 5.71 Å². The summed E-state index contributed by atoms with van der Waals surface area (Å²) in [6.07, 6.45) is 0. The fraction of sp³-hybridized carbons (Fsp3) is 0.750. The number of rotatable bonds is 4. The topological polar surface area (TPSA) is 24.4 Å². The second-order valence-corrected chi connectivity index (χ2v) is 1.91. The van der Waals surface area contributed by atoms with E-state index in [2.05, 4.69) is 10.1 Å². The predicted octanol–water partition coefficient (Wildman–Crippen LogP) is 0.659. The van der Waals surface area contributed by atoms with Gasteiger partial charge in [0.25, 0.3) is 0 Å².